The van der Waals surface area contributed by atoms with E-state index >= 15 is 0 Å². The Balaban J connectivity index is 1.66. The van der Waals surface area contributed by atoms with Crippen LogP contribution in [0.4, 0.5) is 5.69 Å². The van der Waals surface area contributed by atoms with Gasteiger partial charge in [-0.3, -0.25) is 9.78 Å². The first-order chi connectivity index (χ1) is 9.74. The number of rotatable bonds is 6. The number of nitrogen functional groups attached to an aromatic ring is 1. The maximum atomic E-state index is 11.7. The lowest BCUT2D eigenvalue weighted by atomic mass is 10.1. The number of carbonyl (C=O) groups is 1. The van der Waals surface area contributed by atoms with Crippen molar-refractivity contribution in [1.82, 2.24) is 10.3 Å². The fourth-order valence-electron chi connectivity index (χ4n) is 1.91. The van der Waals surface area contributed by atoms with Crippen LogP contribution in [0.3, 0.4) is 0 Å². The van der Waals surface area contributed by atoms with Crippen LogP contribution in [0.5, 0.6) is 0 Å². The van der Waals surface area contributed by atoms with E-state index in [-0.39, 0.29) is 5.91 Å². The predicted octanol–water partition coefficient (Wildman–Crippen LogP) is 1.96. The van der Waals surface area contributed by atoms with Crippen molar-refractivity contribution in [1.29, 1.82) is 0 Å². The summed E-state index contributed by atoms with van der Waals surface area (Å²) in [5.41, 5.74) is 8.50. The van der Waals surface area contributed by atoms with Crippen molar-refractivity contribution in [2.75, 3.05) is 12.3 Å². The maximum absolute atomic E-state index is 11.7. The van der Waals surface area contributed by atoms with Gasteiger partial charge < -0.3 is 11.1 Å². The van der Waals surface area contributed by atoms with Gasteiger partial charge in [-0.15, -0.1) is 0 Å². The van der Waals surface area contributed by atoms with Crippen LogP contribution in [0.1, 0.15) is 17.7 Å². The quantitative estimate of drug-likeness (QED) is 0.788. The van der Waals surface area contributed by atoms with Gasteiger partial charge >= 0.3 is 0 Å². The zero-order valence-corrected chi connectivity index (χ0v) is 11.4. The summed E-state index contributed by atoms with van der Waals surface area (Å²) in [6, 6.07) is 13.4. The van der Waals surface area contributed by atoms with E-state index in [1.54, 1.807) is 6.20 Å². The number of benzene rings is 1. The molecule has 20 heavy (non-hydrogen) atoms. The molecular formula is C16H19N3O. The van der Waals surface area contributed by atoms with E-state index in [1.807, 2.05) is 42.5 Å². The Kier molecular flexibility index (Phi) is 5.12. The van der Waals surface area contributed by atoms with Crippen LogP contribution < -0.4 is 11.1 Å². The molecule has 0 fully saturated rings. The molecule has 0 aliphatic heterocycles. The first-order valence-corrected chi connectivity index (χ1v) is 6.75. The number of hydrogen-bond acceptors (Lipinski definition) is 3. The lowest BCUT2D eigenvalue weighted by molar-refractivity contribution is -0.121. The van der Waals surface area contributed by atoms with Gasteiger partial charge in [-0.2, -0.15) is 0 Å². The molecule has 1 heterocycles. The van der Waals surface area contributed by atoms with Crippen LogP contribution in [0.15, 0.2) is 48.7 Å². The molecule has 4 nitrogen and oxygen atoms in total. The van der Waals surface area contributed by atoms with E-state index in [4.69, 9.17) is 5.73 Å². The van der Waals surface area contributed by atoms with Gasteiger partial charge in [-0.05, 0) is 42.7 Å². The van der Waals surface area contributed by atoms with Gasteiger partial charge in [0.2, 0.25) is 5.91 Å². The van der Waals surface area contributed by atoms with Crippen LogP contribution in [0, 0.1) is 0 Å². The number of aryl methyl sites for hydroxylation is 1. The van der Waals surface area contributed by atoms with E-state index in [0.29, 0.717) is 19.4 Å². The topological polar surface area (TPSA) is 68.0 Å². The average molecular weight is 269 g/mol. The Morgan fingerprint density at radius 1 is 1.10 bits per heavy atom. The largest absolute Gasteiger partial charge is 0.399 e. The second-order valence-electron chi connectivity index (χ2n) is 4.66. The number of nitrogens with two attached hydrogens (primary N) is 1. The summed E-state index contributed by atoms with van der Waals surface area (Å²) >= 11 is 0. The summed E-state index contributed by atoms with van der Waals surface area (Å²) in [5.74, 6) is 0.0612. The molecule has 2 aromatic rings. The molecule has 3 N–H and O–H groups in total. The minimum absolute atomic E-state index is 0.0612. The van der Waals surface area contributed by atoms with Crippen molar-refractivity contribution in [2.45, 2.75) is 19.3 Å². The number of hydrogen-bond donors (Lipinski definition) is 2. The van der Waals surface area contributed by atoms with E-state index in [0.717, 1.165) is 17.8 Å². The highest BCUT2D eigenvalue weighted by Crippen LogP contribution is 2.05. The first-order valence-electron chi connectivity index (χ1n) is 6.75. The van der Waals surface area contributed by atoms with Crippen LogP contribution >= 0.6 is 0 Å². The molecule has 0 spiro atoms. The molecule has 1 aromatic heterocycles. The van der Waals surface area contributed by atoms with Crippen LogP contribution in [0.2, 0.25) is 0 Å². The lowest BCUT2D eigenvalue weighted by Gasteiger charge is -2.05. The molecule has 0 saturated carbocycles. The minimum atomic E-state index is 0.0612. The Morgan fingerprint density at radius 2 is 1.90 bits per heavy atom. The van der Waals surface area contributed by atoms with Crippen LogP contribution in [0.25, 0.3) is 0 Å². The van der Waals surface area contributed by atoms with Gasteiger partial charge in [-0.25, -0.2) is 0 Å². The second kappa shape index (κ2) is 7.28. The number of carbonyl (C=O) groups excluding carboxylic acids is 1. The third-order valence-electron chi connectivity index (χ3n) is 3.05. The minimum Gasteiger partial charge on any atom is -0.399 e. The predicted molar refractivity (Wildman–Crippen MR) is 80.1 cm³/mol. The van der Waals surface area contributed by atoms with Gasteiger partial charge in [0.25, 0.3) is 0 Å². The average Bonchev–Trinajstić information content (AvgIpc) is 2.48. The summed E-state index contributed by atoms with van der Waals surface area (Å²) in [5, 5.41) is 2.92. The molecule has 4 heteroatoms. The molecule has 104 valence electrons. The van der Waals surface area contributed by atoms with Crippen molar-refractivity contribution in [3.8, 4) is 0 Å². The molecule has 1 amide bonds. The van der Waals surface area contributed by atoms with Gasteiger partial charge in [0.05, 0.1) is 0 Å². The Labute approximate surface area is 119 Å². The molecule has 0 aliphatic rings. The van der Waals surface area contributed by atoms with Gasteiger partial charge in [-0.1, -0.05) is 18.2 Å². The number of anilines is 1. The maximum Gasteiger partial charge on any atom is 0.220 e. The Hall–Kier alpha value is -2.36. The monoisotopic (exact) mass is 269 g/mol. The molecule has 0 aliphatic carbocycles. The van der Waals surface area contributed by atoms with E-state index < -0.39 is 0 Å². The number of nitrogens with zero attached hydrogens (tertiary/aromatic N) is 1. The second-order valence-corrected chi connectivity index (χ2v) is 4.66. The van der Waals surface area contributed by atoms with Crippen molar-refractivity contribution < 1.29 is 4.79 Å². The molecule has 0 saturated heterocycles. The summed E-state index contributed by atoms with van der Waals surface area (Å²) in [6.07, 6.45) is 3.71. The first kappa shape index (κ1) is 14.1. The number of nitrogens with one attached hydrogen (secondary N) is 1. The van der Waals surface area contributed by atoms with Crippen molar-refractivity contribution in [3.63, 3.8) is 0 Å². The zero-order valence-electron chi connectivity index (χ0n) is 11.4. The highest BCUT2D eigenvalue weighted by Gasteiger charge is 2.02. The lowest BCUT2D eigenvalue weighted by Crippen LogP contribution is -2.25. The number of aromatic nitrogens is 1. The molecule has 0 atom stereocenters. The zero-order chi connectivity index (χ0) is 14.2. The summed E-state index contributed by atoms with van der Waals surface area (Å²) in [7, 11) is 0. The Bertz CT molecular complexity index is 537. The van der Waals surface area contributed by atoms with Crippen LogP contribution in [-0.2, 0) is 17.6 Å². The molecule has 2 rings (SSSR count). The third-order valence-corrected chi connectivity index (χ3v) is 3.05. The van der Waals surface area contributed by atoms with Crippen molar-refractivity contribution in [3.05, 3.63) is 59.9 Å². The van der Waals surface area contributed by atoms with Gasteiger partial charge in [0.15, 0.2) is 0 Å². The smallest absolute Gasteiger partial charge is 0.220 e. The fraction of sp³-hybridized carbons (Fsp3) is 0.250. The Morgan fingerprint density at radius 3 is 2.60 bits per heavy atom. The SMILES string of the molecule is Nc1ccc(CCNC(=O)CCc2ccccn2)cc1. The normalized spacial score (nSPS) is 10.2. The van der Waals surface area contributed by atoms with E-state index in [2.05, 4.69) is 10.3 Å². The highest BCUT2D eigenvalue weighted by atomic mass is 16.1. The number of amides is 1. The summed E-state index contributed by atoms with van der Waals surface area (Å²) in [4.78, 5) is 15.9. The number of pyridine rings is 1. The van der Waals surface area contributed by atoms with E-state index in [9.17, 15) is 4.79 Å². The molecular weight excluding hydrogens is 250 g/mol. The fourth-order valence-corrected chi connectivity index (χ4v) is 1.91. The standard InChI is InChI=1S/C16H19N3O/c17-14-6-4-13(5-7-14)10-12-19-16(20)9-8-15-3-1-2-11-18-15/h1-7,11H,8-10,12,17H2,(H,19,20). The van der Waals surface area contributed by atoms with Crippen LogP contribution in [-0.4, -0.2) is 17.4 Å². The van der Waals surface area contributed by atoms with Crippen molar-refractivity contribution >= 4 is 11.6 Å². The van der Waals surface area contributed by atoms with Gasteiger partial charge in [0.1, 0.15) is 0 Å². The van der Waals surface area contributed by atoms with Gasteiger partial charge in [0, 0.05) is 30.5 Å². The summed E-state index contributed by atoms with van der Waals surface area (Å²) in [6.45, 7) is 0.644. The van der Waals surface area contributed by atoms with E-state index in [1.165, 1.54) is 5.56 Å². The summed E-state index contributed by atoms with van der Waals surface area (Å²) < 4.78 is 0. The third kappa shape index (κ3) is 4.72. The van der Waals surface area contributed by atoms with Crippen molar-refractivity contribution in [2.24, 2.45) is 0 Å². The molecule has 0 unspecified atom stereocenters. The highest BCUT2D eigenvalue weighted by molar-refractivity contribution is 5.76. The molecule has 0 radical (unpaired) electrons. The molecule has 0 bridgehead atoms. The molecule has 1 aromatic carbocycles.